The number of carbonyl (C=O) groups is 2. The summed E-state index contributed by atoms with van der Waals surface area (Å²) in [6.45, 7) is 0.562. The van der Waals surface area contributed by atoms with Crippen molar-refractivity contribution in [1.82, 2.24) is 5.32 Å². The summed E-state index contributed by atoms with van der Waals surface area (Å²) >= 11 is 0. The number of hydrogen-bond donors (Lipinski definition) is 3. The zero-order valence-electron chi connectivity index (χ0n) is 14.0. The molecule has 132 valence electrons. The first-order valence-electron chi connectivity index (χ1n) is 8.35. The monoisotopic (exact) mass is 341 g/mol. The molecule has 0 aromatic heterocycles. The highest BCUT2D eigenvalue weighted by Gasteiger charge is 2.12. The van der Waals surface area contributed by atoms with Crippen LogP contribution >= 0.6 is 0 Å². The van der Waals surface area contributed by atoms with Gasteiger partial charge in [-0.2, -0.15) is 0 Å². The van der Waals surface area contributed by atoms with Gasteiger partial charge in [0.15, 0.2) is 0 Å². The summed E-state index contributed by atoms with van der Waals surface area (Å²) in [7, 11) is 0. The topological polar surface area (TPSA) is 86.6 Å². The van der Waals surface area contributed by atoms with Gasteiger partial charge in [0, 0.05) is 25.5 Å². The van der Waals surface area contributed by atoms with E-state index < -0.39 is 5.97 Å². The van der Waals surface area contributed by atoms with Crippen LogP contribution in [0.1, 0.15) is 40.2 Å². The van der Waals surface area contributed by atoms with Crippen LogP contribution in [0.4, 0.5) is 0 Å². The van der Waals surface area contributed by atoms with Crippen molar-refractivity contribution < 1.29 is 19.8 Å². The van der Waals surface area contributed by atoms with Gasteiger partial charge in [-0.15, -0.1) is 0 Å². The molecule has 3 N–H and O–H groups in total. The molecule has 5 heteroatoms. The number of aliphatic hydroxyl groups excluding tert-OH is 1. The molecule has 0 bridgehead atoms. The molecule has 1 unspecified atom stereocenters. The first-order chi connectivity index (χ1) is 12.1. The molecule has 1 amide bonds. The number of rotatable bonds is 9. The summed E-state index contributed by atoms with van der Waals surface area (Å²) in [5.41, 5.74) is 2.26. The van der Waals surface area contributed by atoms with Crippen LogP contribution in [0, 0.1) is 0 Å². The van der Waals surface area contributed by atoms with Gasteiger partial charge in [-0.3, -0.25) is 4.79 Å². The summed E-state index contributed by atoms with van der Waals surface area (Å²) in [6.07, 6.45) is 1.50. The van der Waals surface area contributed by atoms with E-state index in [2.05, 4.69) is 5.32 Å². The van der Waals surface area contributed by atoms with Crippen molar-refractivity contribution in [2.45, 2.75) is 25.2 Å². The molecule has 0 aliphatic rings. The number of benzene rings is 2. The lowest BCUT2D eigenvalue weighted by molar-refractivity contribution is -0.121. The molecule has 0 aliphatic heterocycles. The third kappa shape index (κ3) is 6.04. The summed E-state index contributed by atoms with van der Waals surface area (Å²) in [4.78, 5) is 22.9. The number of aromatic carboxylic acids is 1. The van der Waals surface area contributed by atoms with Crippen LogP contribution in [0.25, 0.3) is 0 Å². The summed E-state index contributed by atoms with van der Waals surface area (Å²) in [5.74, 6) is -0.925. The number of carboxylic acids is 1. The molecule has 0 saturated heterocycles. The maximum Gasteiger partial charge on any atom is 0.335 e. The second-order valence-electron chi connectivity index (χ2n) is 5.93. The predicted octanol–water partition coefficient (Wildman–Crippen LogP) is 2.60. The fourth-order valence-corrected chi connectivity index (χ4v) is 2.66. The number of hydrogen-bond acceptors (Lipinski definition) is 3. The molecule has 2 aromatic rings. The van der Waals surface area contributed by atoms with Crippen LogP contribution in [-0.2, 0) is 11.2 Å². The van der Waals surface area contributed by atoms with E-state index in [1.165, 1.54) is 0 Å². The zero-order valence-corrected chi connectivity index (χ0v) is 14.0. The Morgan fingerprint density at radius 1 is 1.00 bits per heavy atom. The molecule has 0 radical (unpaired) electrons. The molecule has 0 heterocycles. The highest BCUT2D eigenvalue weighted by atomic mass is 16.4. The van der Waals surface area contributed by atoms with E-state index in [0.29, 0.717) is 25.8 Å². The van der Waals surface area contributed by atoms with Crippen molar-refractivity contribution in [2.24, 2.45) is 0 Å². The van der Waals surface area contributed by atoms with Crippen molar-refractivity contribution in [2.75, 3.05) is 13.2 Å². The van der Waals surface area contributed by atoms with E-state index in [-0.39, 0.29) is 24.0 Å². The summed E-state index contributed by atoms with van der Waals surface area (Å²) in [5, 5.41) is 21.0. The Labute approximate surface area is 147 Å². The second kappa shape index (κ2) is 9.59. The molecule has 25 heavy (non-hydrogen) atoms. The third-order valence-corrected chi connectivity index (χ3v) is 4.14. The Kier molecular flexibility index (Phi) is 7.16. The van der Waals surface area contributed by atoms with Crippen molar-refractivity contribution >= 4 is 11.9 Å². The van der Waals surface area contributed by atoms with Crippen molar-refractivity contribution in [3.63, 3.8) is 0 Å². The van der Waals surface area contributed by atoms with Gasteiger partial charge in [0.1, 0.15) is 0 Å². The molecular formula is C20H23NO4. The van der Waals surface area contributed by atoms with E-state index in [9.17, 15) is 14.7 Å². The molecule has 0 aliphatic carbocycles. The number of carboxylic acid groups (broad SMARTS) is 1. The first kappa shape index (κ1) is 18.7. The fraction of sp³-hybridized carbons (Fsp3) is 0.300. The van der Waals surface area contributed by atoms with Gasteiger partial charge in [0.25, 0.3) is 0 Å². The van der Waals surface area contributed by atoms with Gasteiger partial charge >= 0.3 is 5.97 Å². The van der Waals surface area contributed by atoms with E-state index in [1.807, 2.05) is 30.3 Å². The minimum absolute atomic E-state index is 0.0545. The molecule has 2 rings (SSSR count). The highest BCUT2D eigenvalue weighted by Crippen LogP contribution is 2.18. The zero-order chi connectivity index (χ0) is 18.1. The molecule has 0 spiro atoms. The van der Waals surface area contributed by atoms with Crippen molar-refractivity contribution in [1.29, 1.82) is 0 Å². The van der Waals surface area contributed by atoms with Gasteiger partial charge < -0.3 is 15.5 Å². The van der Waals surface area contributed by atoms with Gasteiger partial charge in [-0.1, -0.05) is 42.5 Å². The Morgan fingerprint density at radius 2 is 1.68 bits per heavy atom. The van der Waals surface area contributed by atoms with Gasteiger partial charge in [0.05, 0.1) is 5.56 Å². The van der Waals surface area contributed by atoms with E-state index in [0.717, 1.165) is 11.1 Å². The molecule has 2 aromatic carbocycles. The van der Waals surface area contributed by atoms with E-state index >= 15 is 0 Å². The number of nitrogens with one attached hydrogen (secondary N) is 1. The average molecular weight is 341 g/mol. The standard InChI is InChI=1S/C20H23NO4/c22-13-12-18(16-4-2-1-3-5-16)14-21-19(23)11-8-15-6-9-17(10-7-15)20(24)25/h1-7,9-10,18,22H,8,11-14H2,(H,21,23)(H,24,25). The lowest BCUT2D eigenvalue weighted by Crippen LogP contribution is -2.29. The molecular weight excluding hydrogens is 318 g/mol. The number of amides is 1. The van der Waals surface area contributed by atoms with Crippen LogP contribution in [-0.4, -0.2) is 35.2 Å². The Balaban J connectivity index is 1.81. The summed E-state index contributed by atoms with van der Waals surface area (Å²) < 4.78 is 0. The van der Waals surface area contributed by atoms with Gasteiger partial charge in [0.2, 0.25) is 5.91 Å². The maximum absolute atomic E-state index is 12.1. The van der Waals surface area contributed by atoms with Gasteiger partial charge in [-0.25, -0.2) is 4.79 Å². The Bertz CT molecular complexity index is 683. The van der Waals surface area contributed by atoms with Crippen LogP contribution in [0.2, 0.25) is 0 Å². The highest BCUT2D eigenvalue weighted by molar-refractivity contribution is 5.87. The van der Waals surface area contributed by atoms with Crippen LogP contribution < -0.4 is 5.32 Å². The molecule has 5 nitrogen and oxygen atoms in total. The molecule has 0 fully saturated rings. The average Bonchev–Trinajstić information content (AvgIpc) is 2.64. The smallest absolute Gasteiger partial charge is 0.335 e. The second-order valence-corrected chi connectivity index (χ2v) is 5.93. The Morgan fingerprint density at radius 3 is 2.28 bits per heavy atom. The fourth-order valence-electron chi connectivity index (χ4n) is 2.66. The number of aliphatic hydroxyl groups is 1. The Hall–Kier alpha value is -2.66. The lowest BCUT2D eigenvalue weighted by atomic mass is 9.96. The maximum atomic E-state index is 12.1. The van der Waals surface area contributed by atoms with Crippen LogP contribution in [0.15, 0.2) is 54.6 Å². The minimum atomic E-state index is -0.958. The summed E-state index contributed by atoms with van der Waals surface area (Å²) in [6, 6.07) is 16.4. The SMILES string of the molecule is O=C(CCc1ccc(C(=O)O)cc1)NCC(CCO)c1ccccc1. The normalized spacial score (nSPS) is 11.7. The van der Waals surface area contributed by atoms with Crippen LogP contribution in [0.3, 0.4) is 0 Å². The molecule has 1 atom stereocenters. The van der Waals surface area contributed by atoms with Crippen molar-refractivity contribution in [3.05, 3.63) is 71.3 Å². The lowest BCUT2D eigenvalue weighted by Gasteiger charge is -2.17. The number of aryl methyl sites for hydroxylation is 1. The number of carbonyl (C=O) groups excluding carboxylic acids is 1. The third-order valence-electron chi connectivity index (χ3n) is 4.14. The predicted molar refractivity (Wildman–Crippen MR) is 95.6 cm³/mol. The minimum Gasteiger partial charge on any atom is -0.478 e. The van der Waals surface area contributed by atoms with E-state index in [1.54, 1.807) is 24.3 Å². The largest absolute Gasteiger partial charge is 0.478 e. The van der Waals surface area contributed by atoms with Crippen LogP contribution in [0.5, 0.6) is 0 Å². The molecule has 0 saturated carbocycles. The van der Waals surface area contributed by atoms with Crippen molar-refractivity contribution in [3.8, 4) is 0 Å². The van der Waals surface area contributed by atoms with Gasteiger partial charge in [-0.05, 0) is 36.1 Å². The quantitative estimate of drug-likeness (QED) is 0.654. The first-order valence-corrected chi connectivity index (χ1v) is 8.35. The van der Waals surface area contributed by atoms with E-state index in [4.69, 9.17) is 5.11 Å².